The maximum atomic E-state index is 13.6. The summed E-state index contributed by atoms with van der Waals surface area (Å²) in [7, 11) is 0. The van der Waals surface area contributed by atoms with E-state index >= 15 is 0 Å². The zero-order valence-corrected chi connectivity index (χ0v) is 18.8. The van der Waals surface area contributed by atoms with Crippen LogP contribution >= 0.6 is 0 Å². The van der Waals surface area contributed by atoms with Crippen LogP contribution < -0.4 is 16.4 Å². The van der Waals surface area contributed by atoms with E-state index in [0.29, 0.717) is 22.5 Å². The number of aryl methyl sites for hydroxylation is 2. The van der Waals surface area contributed by atoms with Crippen LogP contribution in [-0.2, 0) is 4.79 Å². The molecule has 2 amide bonds. The number of rotatable bonds is 6. The van der Waals surface area contributed by atoms with Gasteiger partial charge < -0.3 is 21.5 Å². The van der Waals surface area contributed by atoms with Gasteiger partial charge in [-0.2, -0.15) is 0 Å². The second kappa shape index (κ2) is 9.74. The highest BCUT2D eigenvalue weighted by atomic mass is 19.1. The first-order chi connectivity index (χ1) is 15.5. The first kappa shape index (κ1) is 23.8. The fourth-order valence-corrected chi connectivity index (χ4v) is 3.34. The molecule has 8 nitrogen and oxygen atoms in total. The third-order valence-corrected chi connectivity index (χ3v) is 4.83. The molecular formula is C24H26FN5O3. The van der Waals surface area contributed by atoms with Gasteiger partial charge in [-0.05, 0) is 68.7 Å². The summed E-state index contributed by atoms with van der Waals surface area (Å²) in [5.41, 5.74) is 8.96. The summed E-state index contributed by atoms with van der Waals surface area (Å²) < 4.78 is 13.6. The maximum absolute atomic E-state index is 13.6. The average molecular weight is 452 g/mol. The minimum absolute atomic E-state index is 0.0278. The fourth-order valence-electron chi connectivity index (χ4n) is 3.34. The van der Waals surface area contributed by atoms with Crippen LogP contribution in [0.1, 0.15) is 47.1 Å². The Labute approximate surface area is 191 Å². The Kier molecular flexibility index (Phi) is 7.03. The predicted octanol–water partition coefficient (Wildman–Crippen LogP) is 3.29. The highest BCUT2D eigenvalue weighted by molar-refractivity contribution is 5.97. The van der Waals surface area contributed by atoms with E-state index in [2.05, 4.69) is 20.6 Å². The lowest BCUT2D eigenvalue weighted by Gasteiger charge is -2.14. The van der Waals surface area contributed by atoms with Gasteiger partial charge in [0.05, 0.1) is 11.9 Å². The minimum atomic E-state index is -1.52. The van der Waals surface area contributed by atoms with E-state index in [4.69, 9.17) is 5.73 Å². The van der Waals surface area contributed by atoms with Crippen molar-refractivity contribution in [2.24, 2.45) is 0 Å². The number of hydrogen-bond acceptors (Lipinski definition) is 6. The van der Waals surface area contributed by atoms with Gasteiger partial charge in [-0.15, -0.1) is 0 Å². The Hall–Kier alpha value is -3.85. The number of carbonyl (C=O) groups excluding carboxylic acids is 2. The lowest BCUT2D eigenvalue weighted by molar-refractivity contribution is -0.124. The van der Waals surface area contributed by atoms with Crippen molar-refractivity contribution in [3.05, 3.63) is 70.8 Å². The SMILES string of the molecule is Cc1cc(F)cc([C@@H](O)C(=O)Nc2ccc(-c3cnc(N)c(C(=O)NC(C)C)n3)c(C)c2)c1. The second-order valence-electron chi connectivity index (χ2n) is 8.10. The Balaban J connectivity index is 1.81. The van der Waals surface area contributed by atoms with Crippen molar-refractivity contribution in [3.8, 4) is 11.3 Å². The molecule has 5 N–H and O–H groups in total. The van der Waals surface area contributed by atoms with Crippen molar-refractivity contribution in [2.75, 3.05) is 11.1 Å². The molecule has 0 aliphatic heterocycles. The number of carbonyl (C=O) groups is 2. The van der Waals surface area contributed by atoms with E-state index in [0.717, 1.165) is 11.6 Å². The van der Waals surface area contributed by atoms with Crippen LogP contribution in [0, 0.1) is 19.7 Å². The molecule has 0 unspecified atom stereocenters. The first-order valence-electron chi connectivity index (χ1n) is 10.4. The van der Waals surface area contributed by atoms with Gasteiger partial charge in [0.25, 0.3) is 11.8 Å². The number of nitrogens with two attached hydrogens (primary N) is 1. The molecule has 3 aromatic rings. The van der Waals surface area contributed by atoms with Crippen LogP contribution in [0.5, 0.6) is 0 Å². The van der Waals surface area contributed by atoms with Gasteiger partial charge in [-0.25, -0.2) is 14.4 Å². The number of nitrogens with zero attached hydrogens (tertiary/aromatic N) is 2. The van der Waals surface area contributed by atoms with Crippen LogP contribution in [0.15, 0.2) is 42.6 Å². The molecule has 9 heteroatoms. The van der Waals surface area contributed by atoms with Crippen molar-refractivity contribution in [1.82, 2.24) is 15.3 Å². The van der Waals surface area contributed by atoms with Gasteiger partial charge in [0.1, 0.15) is 5.82 Å². The highest BCUT2D eigenvalue weighted by Crippen LogP contribution is 2.26. The van der Waals surface area contributed by atoms with E-state index in [1.54, 1.807) is 31.2 Å². The monoisotopic (exact) mass is 451 g/mol. The molecule has 0 fully saturated rings. The lowest BCUT2D eigenvalue weighted by Crippen LogP contribution is -2.31. The Morgan fingerprint density at radius 3 is 2.48 bits per heavy atom. The molecule has 0 aliphatic rings. The largest absolute Gasteiger partial charge is 0.382 e. The Morgan fingerprint density at radius 2 is 1.85 bits per heavy atom. The summed E-state index contributed by atoms with van der Waals surface area (Å²) in [6.45, 7) is 7.14. The number of nitrogens with one attached hydrogen (secondary N) is 2. The lowest BCUT2D eigenvalue weighted by atomic mass is 10.0. The standard InChI is InChI=1S/C24H26FN5O3/c1-12(2)28-23(32)20-22(26)27-11-19(30-20)18-6-5-17(9-14(18)4)29-24(33)21(31)15-7-13(3)8-16(25)10-15/h5-12,21,31H,1-4H3,(H2,26,27)(H,28,32)(H,29,33)/t21-/m1/s1. The quantitative estimate of drug-likeness (QED) is 0.455. The van der Waals surface area contributed by atoms with E-state index in [1.165, 1.54) is 12.3 Å². The number of aromatic nitrogens is 2. The van der Waals surface area contributed by atoms with E-state index in [9.17, 15) is 19.1 Å². The summed E-state index contributed by atoms with van der Waals surface area (Å²) >= 11 is 0. The normalized spacial score (nSPS) is 11.8. The number of halogens is 1. The Bertz CT molecular complexity index is 1190. The molecule has 2 aromatic carbocycles. The van der Waals surface area contributed by atoms with Crippen molar-refractivity contribution < 1.29 is 19.1 Å². The molecule has 1 heterocycles. The van der Waals surface area contributed by atoms with Gasteiger partial charge in [0.2, 0.25) is 0 Å². The van der Waals surface area contributed by atoms with Crippen molar-refractivity contribution in [3.63, 3.8) is 0 Å². The average Bonchev–Trinajstić information content (AvgIpc) is 2.72. The van der Waals surface area contributed by atoms with E-state index in [1.807, 2.05) is 20.8 Å². The molecular weight excluding hydrogens is 425 g/mol. The van der Waals surface area contributed by atoms with Gasteiger partial charge in [-0.1, -0.05) is 12.1 Å². The van der Waals surface area contributed by atoms with Gasteiger partial charge >= 0.3 is 0 Å². The zero-order chi connectivity index (χ0) is 24.3. The van der Waals surface area contributed by atoms with E-state index in [-0.39, 0.29) is 23.1 Å². The smallest absolute Gasteiger partial charge is 0.273 e. The molecule has 0 saturated carbocycles. The van der Waals surface area contributed by atoms with Crippen LogP contribution in [0.25, 0.3) is 11.3 Å². The Morgan fingerprint density at radius 1 is 1.12 bits per heavy atom. The number of benzene rings is 2. The highest BCUT2D eigenvalue weighted by Gasteiger charge is 2.20. The van der Waals surface area contributed by atoms with E-state index < -0.39 is 23.7 Å². The first-order valence-corrected chi connectivity index (χ1v) is 10.4. The summed E-state index contributed by atoms with van der Waals surface area (Å²) in [4.78, 5) is 33.3. The number of aliphatic hydroxyl groups is 1. The summed E-state index contributed by atoms with van der Waals surface area (Å²) in [5.74, 6) is -1.60. The number of aliphatic hydroxyl groups excluding tert-OH is 1. The van der Waals surface area contributed by atoms with Gasteiger partial charge in [-0.3, -0.25) is 9.59 Å². The molecule has 1 aromatic heterocycles. The zero-order valence-electron chi connectivity index (χ0n) is 18.8. The molecule has 0 spiro atoms. The van der Waals surface area contributed by atoms with Crippen molar-refractivity contribution >= 4 is 23.3 Å². The van der Waals surface area contributed by atoms with Crippen LogP contribution in [0.4, 0.5) is 15.9 Å². The molecule has 0 aliphatic carbocycles. The van der Waals surface area contributed by atoms with Gasteiger partial charge in [0.15, 0.2) is 17.6 Å². The summed E-state index contributed by atoms with van der Waals surface area (Å²) in [5, 5.41) is 15.7. The van der Waals surface area contributed by atoms with Crippen molar-refractivity contribution in [2.45, 2.75) is 39.8 Å². The topological polar surface area (TPSA) is 130 Å². The van der Waals surface area contributed by atoms with Gasteiger partial charge in [0, 0.05) is 17.3 Å². The number of nitrogen functional groups attached to an aromatic ring is 1. The van der Waals surface area contributed by atoms with Crippen LogP contribution in [0.3, 0.4) is 0 Å². The molecule has 172 valence electrons. The number of hydrogen-bond donors (Lipinski definition) is 4. The third-order valence-electron chi connectivity index (χ3n) is 4.83. The predicted molar refractivity (Wildman–Crippen MR) is 124 cm³/mol. The fraction of sp³-hybridized carbons (Fsp3) is 0.250. The van der Waals surface area contributed by atoms with Crippen LogP contribution in [0.2, 0.25) is 0 Å². The molecule has 3 rings (SSSR count). The number of amides is 2. The molecule has 0 saturated heterocycles. The molecule has 0 bridgehead atoms. The minimum Gasteiger partial charge on any atom is -0.382 e. The van der Waals surface area contributed by atoms with Crippen molar-refractivity contribution in [1.29, 1.82) is 0 Å². The number of anilines is 2. The maximum Gasteiger partial charge on any atom is 0.273 e. The second-order valence-corrected chi connectivity index (χ2v) is 8.10. The molecule has 0 radical (unpaired) electrons. The molecule has 33 heavy (non-hydrogen) atoms. The summed E-state index contributed by atoms with van der Waals surface area (Å²) in [6, 6.07) is 8.95. The summed E-state index contributed by atoms with van der Waals surface area (Å²) in [6.07, 6.45) is -0.0534. The van der Waals surface area contributed by atoms with Crippen LogP contribution in [-0.4, -0.2) is 32.9 Å². The third kappa shape index (κ3) is 5.69. The molecule has 1 atom stereocenters.